The molecule has 0 aliphatic carbocycles. The van der Waals surface area contributed by atoms with Crippen LogP contribution in [0.2, 0.25) is 0 Å². The average molecular weight is 288 g/mol. The molecular formula is C15H16N2O2S. The standard InChI is InChI=1S/C15H16N2O2S/c1-3-9-16-15-17-14(18)13(20-15)10-11-5-7-12(8-6-11)19-4-2/h3,5-8,10H,1,4,9H2,2H3,(H,16,17,18). The van der Waals surface area contributed by atoms with Crippen LogP contribution in [0.4, 0.5) is 0 Å². The van der Waals surface area contributed by atoms with Gasteiger partial charge in [-0.1, -0.05) is 18.2 Å². The fourth-order valence-corrected chi connectivity index (χ4v) is 2.46. The number of benzene rings is 1. The third-order valence-corrected chi connectivity index (χ3v) is 3.45. The van der Waals surface area contributed by atoms with Gasteiger partial charge in [0.15, 0.2) is 5.17 Å². The van der Waals surface area contributed by atoms with E-state index in [2.05, 4.69) is 16.9 Å². The Morgan fingerprint density at radius 1 is 1.40 bits per heavy atom. The van der Waals surface area contributed by atoms with Gasteiger partial charge in [-0.2, -0.15) is 0 Å². The van der Waals surface area contributed by atoms with Crippen molar-refractivity contribution in [1.29, 1.82) is 0 Å². The van der Waals surface area contributed by atoms with E-state index in [0.717, 1.165) is 11.3 Å². The summed E-state index contributed by atoms with van der Waals surface area (Å²) >= 11 is 1.34. The van der Waals surface area contributed by atoms with E-state index in [-0.39, 0.29) is 5.91 Å². The van der Waals surface area contributed by atoms with Gasteiger partial charge in [-0.25, -0.2) is 0 Å². The largest absolute Gasteiger partial charge is 0.494 e. The first-order valence-electron chi connectivity index (χ1n) is 6.32. The number of rotatable bonds is 5. The molecule has 0 bridgehead atoms. The minimum absolute atomic E-state index is 0.119. The maximum absolute atomic E-state index is 11.8. The summed E-state index contributed by atoms with van der Waals surface area (Å²) in [6.07, 6.45) is 3.53. The van der Waals surface area contributed by atoms with E-state index in [1.165, 1.54) is 11.8 Å². The minimum Gasteiger partial charge on any atom is -0.494 e. The Morgan fingerprint density at radius 2 is 2.15 bits per heavy atom. The Hall–Kier alpha value is -2.01. The third-order valence-electron chi connectivity index (χ3n) is 2.50. The molecule has 1 aliphatic heterocycles. The molecule has 1 aromatic carbocycles. The molecule has 0 spiro atoms. The van der Waals surface area contributed by atoms with Crippen molar-refractivity contribution >= 4 is 28.9 Å². The van der Waals surface area contributed by atoms with Crippen molar-refractivity contribution in [2.24, 2.45) is 4.99 Å². The van der Waals surface area contributed by atoms with Crippen LogP contribution in [0.5, 0.6) is 5.75 Å². The highest BCUT2D eigenvalue weighted by Gasteiger charge is 2.23. The van der Waals surface area contributed by atoms with Crippen LogP contribution in [0.1, 0.15) is 12.5 Å². The second kappa shape index (κ2) is 6.96. The van der Waals surface area contributed by atoms with E-state index in [1.807, 2.05) is 37.3 Å². The SMILES string of the molecule is C=CCN=C1NC(=O)C(=Cc2ccc(OCC)cc2)S1. The predicted octanol–water partition coefficient (Wildman–Crippen LogP) is 2.83. The minimum atomic E-state index is -0.119. The van der Waals surface area contributed by atoms with Crippen molar-refractivity contribution < 1.29 is 9.53 Å². The lowest BCUT2D eigenvalue weighted by atomic mass is 10.2. The number of carbonyl (C=O) groups excluding carboxylic acids is 1. The Labute approximate surface area is 122 Å². The zero-order chi connectivity index (χ0) is 14.4. The molecule has 1 heterocycles. The summed E-state index contributed by atoms with van der Waals surface area (Å²) in [4.78, 5) is 16.6. The number of amidine groups is 1. The molecule has 0 unspecified atom stereocenters. The van der Waals surface area contributed by atoms with Crippen LogP contribution in [-0.4, -0.2) is 24.2 Å². The summed E-state index contributed by atoms with van der Waals surface area (Å²) < 4.78 is 5.38. The van der Waals surface area contributed by atoms with Crippen molar-refractivity contribution in [2.75, 3.05) is 13.2 Å². The van der Waals surface area contributed by atoms with Crippen LogP contribution in [0.15, 0.2) is 46.8 Å². The van der Waals surface area contributed by atoms with Gasteiger partial charge >= 0.3 is 0 Å². The highest BCUT2D eigenvalue weighted by molar-refractivity contribution is 8.18. The third kappa shape index (κ3) is 3.74. The van der Waals surface area contributed by atoms with Gasteiger partial charge in [0, 0.05) is 0 Å². The highest BCUT2D eigenvalue weighted by Crippen LogP contribution is 2.26. The summed E-state index contributed by atoms with van der Waals surface area (Å²) in [6, 6.07) is 7.62. The molecule has 1 amide bonds. The molecule has 4 nitrogen and oxygen atoms in total. The van der Waals surface area contributed by atoms with E-state index < -0.39 is 0 Å². The lowest BCUT2D eigenvalue weighted by molar-refractivity contribution is -0.115. The van der Waals surface area contributed by atoms with Crippen LogP contribution in [0.25, 0.3) is 6.08 Å². The lowest BCUT2D eigenvalue weighted by Crippen LogP contribution is -2.19. The van der Waals surface area contributed by atoms with Gasteiger partial charge in [-0.15, -0.1) is 6.58 Å². The number of nitrogens with one attached hydrogen (secondary N) is 1. The molecule has 2 rings (SSSR count). The summed E-state index contributed by atoms with van der Waals surface area (Å²) in [7, 11) is 0. The zero-order valence-corrected chi connectivity index (χ0v) is 12.1. The van der Waals surface area contributed by atoms with Gasteiger partial charge in [0.05, 0.1) is 18.1 Å². The van der Waals surface area contributed by atoms with Gasteiger partial charge in [-0.05, 0) is 42.5 Å². The number of hydrogen-bond acceptors (Lipinski definition) is 4. The molecule has 5 heteroatoms. The van der Waals surface area contributed by atoms with Crippen LogP contribution < -0.4 is 10.1 Å². The number of carbonyl (C=O) groups is 1. The zero-order valence-electron chi connectivity index (χ0n) is 11.3. The maximum atomic E-state index is 11.8. The number of ether oxygens (including phenoxy) is 1. The first-order valence-corrected chi connectivity index (χ1v) is 7.13. The summed E-state index contributed by atoms with van der Waals surface area (Å²) in [5.74, 6) is 0.707. The summed E-state index contributed by atoms with van der Waals surface area (Å²) in [5.41, 5.74) is 0.955. The first kappa shape index (κ1) is 14.4. The smallest absolute Gasteiger partial charge is 0.264 e. The van der Waals surface area contributed by atoms with E-state index >= 15 is 0 Å². The van der Waals surface area contributed by atoms with E-state index in [0.29, 0.717) is 23.2 Å². The number of nitrogens with zero attached hydrogens (tertiary/aromatic N) is 1. The van der Waals surface area contributed by atoms with Gasteiger partial charge in [0.25, 0.3) is 5.91 Å². The monoisotopic (exact) mass is 288 g/mol. The highest BCUT2D eigenvalue weighted by atomic mass is 32.2. The van der Waals surface area contributed by atoms with Gasteiger partial charge in [0.2, 0.25) is 0 Å². The molecule has 1 N–H and O–H groups in total. The molecule has 1 aliphatic rings. The molecule has 1 fully saturated rings. The maximum Gasteiger partial charge on any atom is 0.264 e. The van der Waals surface area contributed by atoms with E-state index in [1.54, 1.807) is 6.08 Å². The van der Waals surface area contributed by atoms with E-state index in [4.69, 9.17) is 4.74 Å². The lowest BCUT2D eigenvalue weighted by Gasteiger charge is -2.02. The van der Waals surface area contributed by atoms with Crippen LogP contribution in [0.3, 0.4) is 0 Å². The Balaban J connectivity index is 2.10. The second-order valence-electron chi connectivity index (χ2n) is 4.00. The Bertz CT molecular complexity index is 562. The Kier molecular flexibility index (Phi) is 5.01. The van der Waals surface area contributed by atoms with Crippen LogP contribution in [0, 0.1) is 0 Å². The quantitative estimate of drug-likeness (QED) is 0.669. The summed E-state index contributed by atoms with van der Waals surface area (Å²) in [5, 5.41) is 3.34. The summed E-state index contributed by atoms with van der Waals surface area (Å²) in [6.45, 7) is 6.68. The van der Waals surface area contributed by atoms with Crippen molar-refractivity contribution in [2.45, 2.75) is 6.92 Å². The molecule has 20 heavy (non-hydrogen) atoms. The molecular weight excluding hydrogens is 272 g/mol. The molecule has 0 atom stereocenters. The van der Waals surface area contributed by atoms with Crippen LogP contribution >= 0.6 is 11.8 Å². The van der Waals surface area contributed by atoms with Crippen molar-refractivity contribution in [1.82, 2.24) is 5.32 Å². The second-order valence-corrected chi connectivity index (χ2v) is 5.03. The molecule has 1 saturated heterocycles. The average Bonchev–Trinajstić information content (AvgIpc) is 2.79. The van der Waals surface area contributed by atoms with E-state index in [9.17, 15) is 4.79 Å². The fourth-order valence-electron chi connectivity index (χ4n) is 1.63. The normalized spacial score (nSPS) is 18.4. The number of aliphatic imine (C=N–C) groups is 1. The van der Waals surface area contributed by atoms with Crippen LogP contribution in [-0.2, 0) is 4.79 Å². The van der Waals surface area contributed by atoms with Gasteiger partial charge in [0.1, 0.15) is 5.75 Å². The van der Waals surface area contributed by atoms with Crippen molar-refractivity contribution in [3.63, 3.8) is 0 Å². The van der Waals surface area contributed by atoms with Gasteiger partial charge in [-0.3, -0.25) is 9.79 Å². The number of hydrogen-bond donors (Lipinski definition) is 1. The number of amides is 1. The first-order chi connectivity index (χ1) is 9.72. The fraction of sp³-hybridized carbons (Fsp3) is 0.200. The molecule has 0 aromatic heterocycles. The van der Waals surface area contributed by atoms with Gasteiger partial charge < -0.3 is 10.1 Å². The van der Waals surface area contributed by atoms with Crippen molar-refractivity contribution in [3.05, 3.63) is 47.4 Å². The predicted molar refractivity (Wildman–Crippen MR) is 83.8 cm³/mol. The molecule has 104 valence electrons. The molecule has 0 radical (unpaired) electrons. The molecule has 0 saturated carbocycles. The molecule has 1 aromatic rings. The van der Waals surface area contributed by atoms with Crippen molar-refractivity contribution in [3.8, 4) is 5.75 Å². The Morgan fingerprint density at radius 3 is 2.80 bits per heavy atom. The number of thioether (sulfide) groups is 1. The topological polar surface area (TPSA) is 50.7 Å².